The molecule has 3 saturated carbocycles. The monoisotopic (exact) mass is 615 g/mol. The van der Waals surface area contributed by atoms with E-state index in [0.717, 1.165) is 57.8 Å². The third-order valence-corrected chi connectivity index (χ3v) is 13.8. The van der Waals surface area contributed by atoms with Crippen LogP contribution in [0.15, 0.2) is 27.2 Å². The second kappa shape index (κ2) is 12.2. The number of hydrogen-bond acceptors (Lipinski definition) is 10. The van der Waals surface area contributed by atoms with Crippen LogP contribution in [0.25, 0.3) is 0 Å². The van der Waals surface area contributed by atoms with Crippen molar-refractivity contribution in [3.63, 3.8) is 0 Å². The molecule has 5 aliphatic rings. The maximum atomic E-state index is 11.9. The van der Waals surface area contributed by atoms with Gasteiger partial charge in [-0.1, -0.05) is 61.3 Å². The number of nitrogens with zero attached hydrogens (tertiary/aromatic N) is 3. The van der Waals surface area contributed by atoms with Gasteiger partial charge in [0.05, 0.1) is 18.2 Å². The van der Waals surface area contributed by atoms with Crippen LogP contribution in [0.1, 0.15) is 119 Å². The molecule has 5 rings (SSSR count). The highest BCUT2D eigenvalue weighted by Gasteiger charge is 2.67. The molecular formula is C34H57N5O5. The van der Waals surface area contributed by atoms with Crippen molar-refractivity contribution in [3.05, 3.63) is 26.4 Å². The van der Waals surface area contributed by atoms with E-state index in [1.807, 2.05) is 0 Å². The summed E-state index contributed by atoms with van der Waals surface area (Å²) in [6.45, 7) is 13.3. The summed E-state index contributed by atoms with van der Waals surface area (Å²) in [5, 5.41) is 10.2. The first-order valence-corrected chi connectivity index (χ1v) is 17.2. The molecule has 1 aliphatic heterocycles. The molecule has 11 atom stereocenters. The van der Waals surface area contributed by atoms with Crippen molar-refractivity contribution in [3.8, 4) is 0 Å². The molecule has 44 heavy (non-hydrogen) atoms. The van der Waals surface area contributed by atoms with E-state index in [2.05, 4.69) is 49.3 Å². The minimum Gasteiger partial charge on any atom is -0.348 e. The lowest BCUT2D eigenvalue weighted by atomic mass is 9.40. The molecule has 1 saturated heterocycles. The van der Waals surface area contributed by atoms with E-state index < -0.39 is 24.0 Å². The van der Waals surface area contributed by atoms with Gasteiger partial charge in [-0.25, -0.2) is 0 Å². The minimum atomic E-state index is -0.933. The van der Waals surface area contributed by atoms with Gasteiger partial charge in [0.2, 0.25) is 0 Å². The number of hydrogen-bond donors (Lipinski definition) is 2. The van der Waals surface area contributed by atoms with Gasteiger partial charge in [-0.2, -0.15) is 14.7 Å². The summed E-state index contributed by atoms with van der Waals surface area (Å²) in [4.78, 5) is 34.9. The molecule has 0 aromatic carbocycles. The molecule has 0 aromatic rings. The Labute approximate surface area is 263 Å². The summed E-state index contributed by atoms with van der Waals surface area (Å²) in [6.07, 6.45) is 11.9. The second-order valence-electron chi connectivity index (χ2n) is 16.6. The van der Waals surface area contributed by atoms with E-state index in [1.165, 1.54) is 5.57 Å². The Morgan fingerprint density at radius 1 is 1.05 bits per heavy atom. The van der Waals surface area contributed by atoms with Gasteiger partial charge >= 0.3 is 0 Å². The molecule has 4 fully saturated rings. The lowest BCUT2D eigenvalue weighted by molar-refractivity contribution is -0.225. The number of nitroso groups, excluding NO2 is 3. The number of ether oxygens (including phenoxy) is 2. The van der Waals surface area contributed by atoms with Crippen molar-refractivity contribution in [1.82, 2.24) is 0 Å². The topological polar surface area (TPSA) is 159 Å². The maximum absolute atomic E-state index is 11.9. The summed E-state index contributed by atoms with van der Waals surface area (Å²) in [6, 6.07) is -0.564. The predicted molar refractivity (Wildman–Crippen MR) is 172 cm³/mol. The number of rotatable bonds is 11. The quantitative estimate of drug-likeness (QED) is 0.185. The minimum absolute atomic E-state index is 0.00941. The fourth-order valence-electron chi connectivity index (χ4n) is 10.7. The van der Waals surface area contributed by atoms with Gasteiger partial charge in [-0.3, -0.25) is 0 Å². The van der Waals surface area contributed by atoms with Gasteiger partial charge in [-0.15, -0.1) is 0 Å². The maximum Gasteiger partial charge on any atom is 0.160 e. The van der Waals surface area contributed by atoms with E-state index in [4.69, 9.17) is 20.9 Å². The van der Waals surface area contributed by atoms with Crippen molar-refractivity contribution < 1.29 is 9.47 Å². The Hall–Kier alpha value is -1.62. The van der Waals surface area contributed by atoms with E-state index >= 15 is 0 Å². The zero-order valence-electron chi connectivity index (χ0n) is 27.9. The van der Waals surface area contributed by atoms with Crippen molar-refractivity contribution in [1.29, 1.82) is 0 Å². The Kier molecular flexibility index (Phi) is 9.35. The third kappa shape index (κ3) is 5.43. The summed E-state index contributed by atoms with van der Waals surface area (Å²) >= 11 is 0. The SMILES string of the molecule is CC(C)(N=O)[C@@H](CCC[C@H]1CCC2[C@]1(C)CC[C@@]1(C)C3CC[C@H](N=O)C(C)(C)C3=CC[C@@]21N)O[C@H]1C[C@@H](N=O)C[C@@H](CN)O1. The van der Waals surface area contributed by atoms with Crippen molar-refractivity contribution >= 4 is 0 Å². The third-order valence-electron chi connectivity index (χ3n) is 13.8. The van der Waals surface area contributed by atoms with Crippen LogP contribution in [0.2, 0.25) is 0 Å². The lowest BCUT2D eigenvalue weighted by Crippen LogP contribution is -2.69. The molecule has 10 heteroatoms. The Bertz CT molecular complexity index is 1130. The molecule has 0 amide bonds. The first kappa shape index (κ1) is 33.7. The summed E-state index contributed by atoms with van der Waals surface area (Å²) < 4.78 is 12.4. The van der Waals surface area contributed by atoms with Crippen molar-refractivity contribution in [2.24, 2.45) is 61.0 Å². The number of fused-ring (bicyclic) bond motifs is 5. The second-order valence-corrected chi connectivity index (χ2v) is 16.6. The van der Waals surface area contributed by atoms with Crippen molar-refractivity contribution in [2.45, 2.75) is 160 Å². The zero-order valence-corrected chi connectivity index (χ0v) is 27.9. The first-order chi connectivity index (χ1) is 20.7. The standard InChI is InChI=1S/C34H57N5O5/c1-30(2)24-14-15-34(36)26-12-10-21(32(26,5)16-17-33(34,6)25(24)11-13-27(30)38-41)8-7-9-28(31(3,4)39-42)44-29-19-22(37-40)18-23(20-35)43-29/h14,21-23,25-29H,7-13,15-20,35-36H2,1-6H3/t21-,22-,23-,25?,26?,27-,28+,29-,32+,33-,34+/m0/s1. The van der Waals surface area contributed by atoms with Crippen LogP contribution in [0.5, 0.6) is 0 Å². The summed E-state index contributed by atoms with van der Waals surface area (Å²) in [5.41, 5.74) is 13.7. The molecule has 10 nitrogen and oxygen atoms in total. The van der Waals surface area contributed by atoms with E-state index in [-0.39, 0.29) is 33.9 Å². The smallest absolute Gasteiger partial charge is 0.160 e. The fourth-order valence-corrected chi connectivity index (χ4v) is 10.7. The van der Waals surface area contributed by atoms with Crippen LogP contribution in [-0.4, -0.2) is 48.2 Å². The van der Waals surface area contributed by atoms with Crippen LogP contribution in [0.3, 0.4) is 0 Å². The van der Waals surface area contributed by atoms with Gasteiger partial charge in [0.15, 0.2) is 6.29 Å². The molecule has 0 spiro atoms. The Morgan fingerprint density at radius 3 is 2.45 bits per heavy atom. The van der Waals surface area contributed by atoms with Gasteiger partial charge < -0.3 is 20.9 Å². The molecular weight excluding hydrogens is 558 g/mol. The van der Waals surface area contributed by atoms with Crippen molar-refractivity contribution in [2.75, 3.05) is 6.54 Å². The molecule has 2 unspecified atom stereocenters. The first-order valence-electron chi connectivity index (χ1n) is 17.2. The summed E-state index contributed by atoms with van der Waals surface area (Å²) in [5.74, 6) is 1.40. The molecule has 0 radical (unpaired) electrons. The van der Waals surface area contributed by atoms with Gasteiger partial charge in [0.1, 0.15) is 11.6 Å². The lowest BCUT2D eigenvalue weighted by Gasteiger charge is -2.66. The zero-order chi connectivity index (χ0) is 32.1. The molecule has 0 bridgehead atoms. The normalized spacial score (nSPS) is 44.0. The largest absolute Gasteiger partial charge is 0.348 e. The van der Waals surface area contributed by atoms with Gasteiger partial charge in [-0.05, 0) is 100 Å². The molecule has 4 aliphatic carbocycles. The van der Waals surface area contributed by atoms with Crippen LogP contribution in [0.4, 0.5) is 0 Å². The average molecular weight is 616 g/mol. The van der Waals surface area contributed by atoms with Crippen LogP contribution >= 0.6 is 0 Å². The molecule has 0 aromatic heterocycles. The van der Waals surface area contributed by atoms with Crippen LogP contribution < -0.4 is 11.5 Å². The molecule has 248 valence electrons. The van der Waals surface area contributed by atoms with Gasteiger partial charge in [0.25, 0.3) is 0 Å². The highest BCUT2D eigenvalue weighted by Crippen LogP contribution is 2.70. The van der Waals surface area contributed by atoms with E-state index in [9.17, 15) is 14.7 Å². The molecule has 1 heterocycles. The predicted octanol–water partition coefficient (Wildman–Crippen LogP) is 7.12. The molecule has 4 N–H and O–H groups in total. The van der Waals surface area contributed by atoms with E-state index in [1.54, 1.807) is 13.8 Å². The Balaban J connectivity index is 1.28. The number of nitrogens with two attached hydrogens (primary N) is 2. The van der Waals surface area contributed by atoms with Gasteiger partial charge in [0, 0.05) is 30.3 Å². The summed E-state index contributed by atoms with van der Waals surface area (Å²) in [7, 11) is 0. The van der Waals surface area contributed by atoms with E-state index in [0.29, 0.717) is 43.6 Å². The Morgan fingerprint density at radius 2 is 1.80 bits per heavy atom. The highest BCUT2D eigenvalue weighted by molar-refractivity contribution is 5.34. The fraction of sp³-hybridized carbons (Fsp3) is 0.941. The van der Waals surface area contributed by atoms with Crippen LogP contribution in [-0.2, 0) is 9.47 Å². The van der Waals surface area contributed by atoms with Crippen LogP contribution in [0, 0.1) is 48.7 Å². The highest BCUT2D eigenvalue weighted by atomic mass is 16.7. The average Bonchev–Trinajstić information content (AvgIpc) is 3.34.